The minimum atomic E-state index is -6.03. The third-order valence-electron chi connectivity index (χ3n) is 6.77. The summed E-state index contributed by atoms with van der Waals surface area (Å²) in [6.45, 7) is 0. The van der Waals surface area contributed by atoms with Crippen LogP contribution in [0.4, 0.5) is 0 Å². The normalized spacial score (nSPS) is 10.8. The van der Waals surface area contributed by atoms with Crippen LogP contribution in [0.2, 0.25) is 0 Å². The summed E-state index contributed by atoms with van der Waals surface area (Å²) in [5.41, 5.74) is -0.205. The summed E-state index contributed by atoms with van der Waals surface area (Å²) in [7, 11) is 5.47. The number of hydrogen-bond donors (Lipinski definition) is 0. The molecule has 0 aliphatic heterocycles. The van der Waals surface area contributed by atoms with Crippen LogP contribution >= 0.6 is 0 Å². The van der Waals surface area contributed by atoms with E-state index in [1.807, 2.05) is 0 Å². The number of hydrogen-bond acceptors (Lipinski definition) is 8. The predicted octanol–water partition coefficient (Wildman–Crippen LogP) is 5.16. The first-order valence-corrected chi connectivity index (χ1v) is 16.8. The van der Waals surface area contributed by atoms with E-state index in [1.165, 1.54) is 77.0 Å². The van der Waals surface area contributed by atoms with Gasteiger partial charge in [-0.2, -0.15) is 0 Å². The molecule has 0 aromatic heterocycles. The average Bonchev–Trinajstić information content (AvgIpc) is 3.04. The molecule has 0 aliphatic carbocycles. The Kier molecular flexibility index (Phi) is 9.04. The van der Waals surface area contributed by atoms with Crippen LogP contribution in [0.3, 0.4) is 0 Å². The monoisotopic (exact) mass is 614 g/mol. The quantitative estimate of drug-likeness (QED) is 0.202. The van der Waals surface area contributed by atoms with Gasteiger partial charge in [0.2, 0.25) is 0 Å². The van der Waals surface area contributed by atoms with E-state index in [4.69, 9.17) is 18.9 Å². The first kappa shape index (κ1) is 29.3. The van der Waals surface area contributed by atoms with Gasteiger partial charge in [0.15, 0.2) is 0 Å². The first-order valence-electron chi connectivity index (χ1n) is 12.6. The number of methoxy groups -OCH3 is 4. The molecule has 0 fully saturated rings. The number of carbonyl (C=O) groups excluding carboxylic acids is 4. The van der Waals surface area contributed by atoms with Crippen molar-refractivity contribution in [3.8, 4) is 23.0 Å². The topological polar surface area (TPSA) is 105 Å². The fourth-order valence-electron chi connectivity index (χ4n) is 4.76. The molecule has 0 saturated carbocycles. The second kappa shape index (κ2) is 12.7. The second-order valence-electron chi connectivity index (χ2n) is 8.87. The van der Waals surface area contributed by atoms with Gasteiger partial charge in [-0.05, 0) is 0 Å². The first-order chi connectivity index (χ1) is 19.9. The molecule has 0 bridgehead atoms. The Morgan fingerprint density at radius 2 is 0.585 bits per heavy atom. The fraction of sp³-hybridized carbons (Fsp3) is 0.125. The third kappa shape index (κ3) is 5.14. The predicted molar refractivity (Wildman–Crippen MR) is 155 cm³/mol. The van der Waals surface area contributed by atoms with Crippen molar-refractivity contribution in [1.29, 1.82) is 0 Å². The third-order valence-corrected chi connectivity index (χ3v) is 14.7. The molecule has 8 nitrogen and oxygen atoms in total. The van der Waals surface area contributed by atoms with Crippen LogP contribution in [-0.2, 0) is 0 Å². The zero-order valence-corrected chi connectivity index (χ0v) is 25.1. The molecule has 0 saturated heterocycles. The molecule has 41 heavy (non-hydrogen) atoms. The number of rotatable bonds is 12. The minimum absolute atomic E-state index is 0.0512. The van der Waals surface area contributed by atoms with Crippen molar-refractivity contribution in [2.45, 2.75) is 0 Å². The van der Waals surface area contributed by atoms with E-state index in [1.54, 1.807) is 48.5 Å². The van der Waals surface area contributed by atoms with Gasteiger partial charge in [0.05, 0.1) is 0 Å². The van der Waals surface area contributed by atoms with Gasteiger partial charge in [-0.25, -0.2) is 0 Å². The number of carbonyl (C=O) groups is 4. The van der Waals surface area contributed by atoms with Gasteiger partial charge in [-0.3, -0.25) is 0 Å². The van der Waals surface area contributed by atoms with E-state index in [-0.39, 0.29) is 45.3 Å². The molecule has 0 heterocycles. The Morgan fingerprint density at radius 3 is 0.780 bits per heavy atom. The molecule has 0 atom stereocenters. The molecule has 208 valence electrons. The van der Waals surface area contributed by atoms with Gasteiger partial charge in [0.25, 0.3) is 0 Å². The van der Waals surface area contributed by atoms with Crippen molar-refractivity contribution < 1.29 is 38.1 Å². The molecule has 0 unspecified atom stereocenters. The van der Waals surface area contributed by atoms with Crippen LogP contribution in [0.1, 0.15) is 41.4 Å². The van der Waals surface area contributed by atoms with E-state index in [0.29, 0.717) is 0 Å². The molecule has 0 radical (unpaired) electrons. The summed E-state index contributed by atoms with van der Waals surface area (Å²) in [6, 6.07) is 24.9. The Labute approximate surface area is 240 Å². The summed E-state index contributed by atoms with van der Waals surface area (Å²) in [5.74, 6) is 0.504. The van der Waals surface area contributed by atoms with E-state index in [2.05, 4.69) is 0 Å². The van der Waals surface area contributed by atoms with Crippen LogP contribution < -0.4 is 18.9 Å². The van der Waals surface area contributed by atoms with Gasteiger partial charge >= 0.3 is 241 Å². The average molecular weight is 613 g/mol. The molecular formula is C32H28GeO8. The van der Waals surface area contributed by atoms with Crippen LogP contribution in [0.15, 0.2) is 97.1 Å². The van der Waals surface area contributed by atoms with Crippen molar-refractivity contribution in [3.05, 3.63) is 119 Å². The van der Waals surface area contributed by atoms with Crippen molar-refractivity contribution in [2.75, 3.05) is 28.4 Å². The Bertz CT molecular complexity index is 1380. The second-order valence-corrected chi connectivity index (χ2v) is 15.8. The van der Waals surface area contributed by atoms with Crippen LogP contribution in [0, 0.1) is 0 Å². The molecule has 9 heteroatoms. The summed E-state index contributed by atoms with van der Waals surface area (Å²) in [4.78, 5) is 59.6. The fourth-order valence-corrected chi connectivity index (χ4v) is 12.5. The molecule has 0 N–H and O–H groups in total. The van der Waals surface area contributed by atoms with Crippen molar-refractivity contribution >= 4 is 31.7 Å². The number of para-hydroxylation sites is 4. The summed E-state index contributed by atoms with van der Waals surface area (Å²) in [5, 5.41) is 0. The summed E-state index contributed by atoms with van der Waals surface area (Å²) in [6.07, 6.45) is 0. The molecule has 4 rings (SSSR count). The number of ether oxygens (including phenoxy) is 4. The maximum absolute atomic E-state index is 14.9. The zero-order valence-electron chi connectivity index (χ0n) is 23.0. The Hall–Kier alpha value is -4.70. The molecule has 4 aromatic rings. The van der Waals surface area contributed by atoms with Crippen molar-refractivity contribution in [2.24, 2.45) is 0 Å². The maximum atomic E-state index is 14.9. The molecule has 0 aliphatic rings. The Balaban J connectivity index is 2.18. The van der Waals surface area contributed by atoms with E-state index < -0.39 is 31.7 Å². The van der Waals surface area contributed by atoms with Crippen LogP contribution in [0.5, 0.6) is 23.0 Å². The van der Waals surface area contributed by atoms with Crippen molar-refractivity contribution in [1.82, 2.24) is 0 Å². The molecule has 0 amide bonds. The van der Waals surface area contributed by atoms with Gasteiger partial charge in [-0.1, -0.05) is 0 Å². The molecular weight excluding hydrogens is 585 g/mol. The summed E-state index contributed by atoms with van der Waals surface area (Å²) < 4.78 is 18.3. The van der Waals surface area contributed by atoms with E-state index in [9.17, 15) is 19.2 Å². The zero-order chi connectivity index (χ0) is 29.6. The van der Waals surface area contributed by atoms with E-state index >= 15 is 0 Å². The van der Waals surface area contributed by atoms with Crippen molar-refractivity contribution in [3.63, 3.8) is 0 Å². The molecule has 4 aromatic carbocycles. The SMILES string of the molecule is COc1ccccc1[C](=O)[Ge]([C](=O)c1ccccc1OC)([C](=O)c1ccccc1OC)[C](=O)c1ccccc1OC. The van der Waals surface area contributed by atoms with Gasteiger partial charge in [-0.15, -0.1) is 0 Å². The Morgan fingerprint density at radius 1 is 0.390 bits per heavy atom. The standard InChI is InChI=1S/C32H28GeO8/c1-38-25-17-9-5-13-21(25)29(34)33(30(35)22-14-6-10-18-26(22)39-2,31(36)23-15-7-11-19-27(23)40-3)32(37)24-16-8-12-20-28(24)41-4/h5-20H,1-4H3. The van der Waals surface area contributed by atoms with Gasteiger partial charge < -0.3 is 0 Å². The van der Waals surface area contributed by atoms with Crippen LogP contribution in [0.25, 0.3) is 0 Å². The summed E-state index contributed by atoms with van der Waals surface area (Å²) >= 11 is -6.03. The van der Waals surface area contributed by atoms with E-state index in [0.717, 1.165) is 0 Å². The molecule has 0 spiro atoms. The van der Waals surface area contributed by atoms with Crippen LogP contribution in [-0.4, -0.2) is 60.2 Å². The van der Waals surface area contributed by atoms with Gasteiger partial charge in [0.1, 0.15) is 0 Å². The van der Waals surface area contributed by atoms with Gasteiger partial charge in [0, 0.05) is 0 Å². The number of benzene rings is 4.